The summed E-state index contributed by atoms with van der Waals surface area (Å²) in [5, 5.41) is 13.9. The molecule has 2 amide bonds. The highest BCUT2D eigenvalue weighted by atomic mass is 32.1. The minimum Gasteiger partial charge on any atom is -0.457 e. The van der Waals surface area contributed by atoms with Crippen molar-refractivity contribution in [1.29, 1.82) is 0 Å². The molecule has 11 heteroatoms. The number of rotatable bonds is 7. The lowest BCUT2D eigenvalue weighted by Gasteiger charge is -2.17. The number of ether oxygens (including phenoxy) is 1. The van der Waals surface area contributed by atoms with E-state index >= 15 is 4.39 Å². The summed E-state index contributed by atoms with van der Waals surface area (Å²) in [5.41, 5.74) is 5.13. The van der Waals surface area contributed by atoms with Crippen LogP contribution in [-0.2, 0) is 20.0 Å². The first-order chi connectivity index (χ1) is 20.3. The topological polar surface area (TPSA) is 106 Å². The van der Waals surface area contributed by atoms with Gasteiger partial charge in [-0.25, -0.2) is 14.2 Å². The van der Waals surface area contributed by atoms with Gasteiger partial charge in [-0.2, -0.15) is 5.10 Å². The van der Waals surface area contributed by atoms with Crippen LogP contribution in [0.3, 0.4) is 0 Å². The van der Waals surface area contributed by atoms with Gasteiger partial charge in [0.2, 0.25) is 0 Å². The van der Waals surface area contributed by atoms with E-state index < -0.39 is 11.8 Å². The lowest BCUT2D eigenvalue weighted by molar-refractivity contribution is 0.262. The summed E-state index contributed by atoms with van der Waals surface area (Å²) in [6.45, 7) is 5.92. The van der Waals surface area contributed by atoms with Crippen LogP contribution in [0.4, 0.5) is 20.7 Å². The molecule has 9 nitrogen and oxygen atoms in total. The molecule has 3 aromatic heterocycles. The number of hydrogen-bond acceptors (Lipinski definition) is 7. The molecule has 6 rings (SSSR count). The number of amides is 2. The number of anilines is 2. The van der Waals surface area contributed by atoms with Gasteiger partial charge < -0.3 is 15.4 Å². The number of benzene rings is 2. The van der Waals surface area contributed by atoms with Crippen LogP contribution in [0.15, 0.2) is 67.1 Å². The maximum Gasteiger partial charge on any atom is 0.324 e. The molecule has 3 N–H and O–H groups in total. The number of carbonyl (C=O) groups excluding carboxylic acids is 1. The fraction of sp³-hybridized carbons (Fsp3) is 0.226. The molecule has 214 valence electrons. The van der Waals surface area contributed by atoms with Crippen LogP contribution in [-0.4, -0.2) is 32.3 Å². The van der Waals surface area contributed by atoms with E-state index in [0.29, 0.717) is 17.3 Å². The van der Waals surface area contributed by atoms with Crippen LogP contribution in [0, 0.1) is 5.82 Å². The number of fused-ring (bicyclic) bond motifs is 1. The Morgan fingerprint density at radius 2 is 1.93 bits per heavy atom. The van der Waals surface area contributed by atoms with E-state index in [0.717, 1.165) is 40.5 Å². The van der Waals surface area contributed by atoms with E-state index in [4.69, 9.17) is 9.72 Å². The zero-order valence-corrected chi connectivity index (χ0v) is 24.3. The molecule has 4 heterocycles. The number of urea groups is 1. The molecule has 2 aromatic carbocycles. The van der Waals surface area contributed by atoms with Crippen LogP contribution >= 0.6 is 11.3 Å². The van der Waals surface area contributed by atoms with Crippen LogP contribution in [0.5, 0.6) is 11.5 Å². The number of carbonyl (C=O) groups is 1. The lowest BCUT2D eigenvalue weighted by atomic mass is 9.98. The van der Waals surface area contributed by atoms with Gasteiger partial charge in [-0.05, 0) is 53.9 Å². The van der Waals surface area contributed by atoms with E-state index in [1.54, 1.807) is 46.6 Å². The van der Waals surface area contributed by atoms with Crippen molar-refractivity contribution in [2.75, 3.05) is 17.2 Å². The Morgan fingerprint density at radius 3 is 2.71 bits per heavy atom. The molecule has 0 fully saturated rings. The number of hydrogen-bond donors (Lipinski definition) is 3. The van der Waals surface area contributed by atoms with Crippen molar-refractivity contribution in [2.24, 2.45) is 7.05 Å². The average Bonchev–Trinajstić information content (AvgIpc) is 3.61. The highest BCUT2D eigenvalue weighted by Crippen LogP contribution is 2.38. The third kappa shape index (κ3) is 6.02. The number of halogens is 1. The first-order valence-electron chi connectivity index (χ1n) is 13.7. The van der Waals surface area contributed by atoms with Crippen molar-refractivity contribution in [1.82, 2.24) is 25.1 Å². The van der Waals surface area contributed by atoms with E-state index in [2.05, 4.69) is 58.1 Å². The summed E-state index contributed by atoms with van der Waals surface area (Å²) in [6.07, 6.45) is 6.13. The van der Waals surface area contributed by atoms with Gasteiger partial charge in [0, 0.05) is 49.6 Å². The third-order valence-corrected chi connectivity index (χ3v) is 8.29. The molecule has 0 saturated heterocycles. The van der Waals surface area contributed by atoms with Crippen molar-refractivity contribution in [3.63, 3.8) is 0 Å². The van der Waals surface area contributed by atoms with Gasteiger partial charge in [0.25, 0.3) is 0 Å². The number of nitrogens with zero attached hydrogens (tertiary/aromatic N) is 4. The predicted molar refractivity (Wildman–Crippen MR) is 163 cm³/mol. The number of thiazole rings is 1. The summed E-state index contributed by atoms with van der Waals surface area (Å²) in [4.78, 5) is 22.9. The van der Waals surface area contributed by atoms with Gasteiger partial charge in [0.1, 0.15) is 17.3 Å². The Bertz CT molecular complexity index is 1760. The Labute approximate surface area is 246 Å². The zero-order valence-electron chi connectivity index (χ0n) is 23.4. The van der Waals surface area contributed by atoms with Gasteiger partial charge in [0.15, 0.2) is 5.82 Å². The standard InChI is InChI=1S/C31H30FN7O2S/c1-18(2)30-37-29(28(42-30)20-4-5-21-15-33-10-8-19(21)12-20)38-31(40)36-26-7-6-23(13-25(26)32)41-24-9-11-34-27(14-24)22-16-35-39(3)17-22/h4-7,9,11-14,16-18,33H,8,10,15H2,1-3H3,(H2,36,38,40). The monoisotopic (exact) mass is 583 g/mol. The molecule has 42 heavy (non-hydrogen) atoms. The molecule has 0 saturated carbocycles. The Hall–Kier alpha value is -4.61. The second-order valence-electron chi connectivity index (χ2n) is 10.4. The van der Waals surface area contributed by atoms with Gasteiger partial charge in [0.05, 0.1) is 27.5 Å². The highest BCUT2D eigenvalue weighted by molar-refractivity contribution is 7.15. The second kappa shape index (κ2) is 11.7. The van der Waals surface area contributed by atoms with E-state index in [1.165, 1.54) is 23.3 Å². The maximum atomic E-state index is 15.0. The van der Waals surface area contributed by atoms with Crippen molar-refractivity contribution in [2.45, 2.75) is 32.7 Å². The SMILES string of the molecule is CC(C)c1nc(NC(=O)Nc2ccc(Oc3ccnc(-c4cnn(C)c4)c3)cc2F)c(-c2ccc3c(c2)CCNC3)s1. The molecule has 0 unspecified atom stereocenters. The smallest absolute Gasteiger partial charge is 0.324 e. The van der Waals surface area contributed by atoms with Crippen LogP contribution in [0.1, 0.15) is 35.9 Å². The predicted octanol–water partition coefficient (Wildman–Crippen LogP) is 6.95. The molecular formula is C31H30FN7O2S. The summed E-state index contributed by atoms with van der Waals surface area (Å²) < 4.78 is 22.6. The number of aryl methyl sites for hydroxylation is 1. The quantitative estimate of drug-likeness (QED) is 0.191. The first kappa shape index (κ1) is 27.6. The molecular weight excluding hydrogens is 553 g/mol. The fourth-order valence-corrected chi connectivity index (χ4v) is 5.75. The summed E-state index contributed by atoms with van der Waals surface area (Å²) in [6, 6.07) is 13.5. The Morgan fingerprint density at radius 1 is 1.07 bits per heavy atom. The Kier molecular flexibility index (Phi) is 7.68. The molecule has 0 atom stereocenters. The summed E-state index contributed by atoms with van der Waals surface area (Å²) >= 11 is 1.56. The maximum absolute atomic E-state index is 15.0. The molecule has 0 bridgehead atoms. The normalized spacial score (nSPS) is 12.7. The molecule has 0 aliphatic carbocycles. The Balaban J connectivity index is 1.16. The van der Waals surface area contributed by atoms with Crippen molar-refractivity contribution in [3.05, 3.63) is 89.1 Å². The molecule has 0 radical (unpaired) electrons. The van der Waals surface area contributed by atoms with Crippen LogP contribution < -0.4 is 20.7 Å². The van der Waals surface area contributed by atoms with E-state index in [1.807, 2.05) is 13.2 Å². The highest BCUT2D eigenvalue weighted by Gasteiger charge is 2.20. The average molecular weight is 584 g/mol. The van der Waals surface area contributed by atoms with Gasteiger partial charge in [-0.15, -0.1) is 11.3 Å². The molecule has 0 spiro atoms. The molecule has 1 aliphatic rings. The molecule has 1 aliphatic heterocycles. The van der Waals surface area contributed by atoms with Crippen molar-refractivity contribution >= 4 is 28.9 Å². The number of aromatic nitrogens is 4. The minimum atomic E-state index is -0.631. The largest absolute Gasteiger partial charge is 0.457 e. The van der Waals surface area contributed by atoms with E-state index in [9.17, 15) is 4.79 Å². The van der Waals surface area contributed by atoms with Crippen molar-refractivity contribution in [3.8, 4) is 33.2 Å². The van der Waals surface area contributed by atoms with Crippen molar-refractivity contribution < 1.29 is 13.9 Å². The van der Waals surface area contributed by atoms with Crippen LogP contribution in [0.25, 0.3) is 21.7 Å². The van der Waals surface area contributed by atoms with Gasteiger partial charge >= 0.3 is 6.03 Å². The minimum absolute atomic E-state index is 0.0211. The molecule has 5 aromatic rings. The number of nitrogens with one attached hydrogen (secondary N) is 3. The third-order valence-electron chi connectivity index (χ3n) is 6.88. The van der Waals surface area contributed by atoms with Gasteiger partial charge in [-0.1, -0.05) is 26.0 Å². The lowest BCUT2D eigenvalue weighted by Crippen LogP contribution is -2.23. The summed E-state index contributed by atoms with van der Waals surface area (Å²) in [5.74, 6) is 0.802. The first-order valence-corrected chi connectivity index (χ1v) is 14.5. The zero-order chi connectivity index (χ0) is 29.2. The fourth-order valence-electron chi connectivity index (χ4n) is 4.73. The van der Waals surface area contributed by atoms with Gasteiger partial charge in [-0.3, -0.25) is 15.0 Å². The number of pyridine rings is 1. The second-order valence-corrected chi connectivity index (χ2v) is 11.4. The van der Waals surface area contributed by atoms with E-state index in [-0.39, 0.29) is 17.4 Å². The summed E-state index contributed by atoms with van der Waals surface area (Å²) in [7, 11) is 1.83. The van der Waals surface area contributed by atoms with Crippen LogP contribution in [0.2, 0.25) is 0 Å².